The van der Waals surface area contributed by atoms with Gasteiger partial charge in [-0.25, -0.2) is 4.79 Å². The van der Waals surface area contributed by atoms with Gasteiger partial charge >= 0.3 is 5.97 Å². The Morgan fingerprint density at radius 1 is 1.50 bits per heavy atom. The van der Waals surface area contributed by atoms with E-state index in [1.54, 1.807) is 18.8 Å². The van der Waals surface area contributed by atoms with Crippen LogP contribution in [0, 0.1) is 0 Å². The highest BCUT2D eigenvalue weighted by atomic mass is 32.2. The Hall–Kier alpha value is -0.750. The number of rotatable bonds is 7. The Labute approximate surface area is 87.6 Å². The molecule has 3 N–H and O–H groups in total. The van der Waals surface area contributed by atoms with E-state index in [9.17, 15) is 9.59 Å². The third kappa shape index (κ3) is 5.82. The number of carbonyl (C=O) groups excluding carboxylic acids is 1. The second-order valence-corrected chi connectivity index (χ2v) is 3.76. The van der Waals surface area contributed by atoms with Crippen LogP contribution in [0.3, 0.4) is 0 Å². The van der Waals surface area contributed by atoms with Crippen LogP contribution < -0.4 is 10.6 Å². The van der Waals surface area contributed by atoms with Crippen molar-refractivity contribution in [3.05, 3.63) is 0 Å². The van der Waals surface area contributed by atoms with E-state index in [4.69, 9.17) is 5.11 Å². The number of nitrogens with one attached hydrogen (secondary N) is 2. The molecular weight excluding hydrogens is 204 g/mol. The lowest BCUT2D eigenvalue weighted by atomic mass is 10.2. The molecule has 0 aliphatic heterocycles. The summed E-state index contributed by atoms with van der Waals surface area (Å²) in [5.74, 6) is -0.555. The van der Waals surface area contributed by atoms with Gasteiger partial charge < -0.3 is 15.7 Å². The molecule has 0 aromatic carbocycles. The van der Waals surface area contributed by atoms with Crippen molar-refractivity contribution in [3.8, 4) is 0 Å². The van der Waals surface area contributed by atoms with Gasteiger partial charge in [0.05, 0.1) is 6.54 Å². The highest BCUT2D eigenvalue weighted by Crippen LogP contribution is 2.00. The molecular formula is C8H16N2O3S. The molecule has 0 aromatic rings. The largest absolute Gasteiger partial charge is 0.480 e. The number of likely N-dealkylation sites (N-methyl/N-ethyl adjacent to an activating group) is 1. The van der Waals surface area contributed by atoms with Gasteiger partial charge in [0.2, 0.25) is 5.91 Å². The summed E-state index contributed by atoms with van der Waals surface area (Å²) < 4.78 is 0. The number of carboxylic acids is 1. The first kappa shape index (κ1) is 13.2. The van der Waals surface area contributed by atoms with Crippen molar-refractivity contribution in [2.45, 2.75) is 12.5 Å². The summed E-state index contributed by atoms with van der Waals surface area (Å²) in [7, 11) is 1.64. The average molecular weight is 220 g/mol. The molecule has 0 aliphatic carbocycles. The Morgan fingerprint density at radius 3 is 2.57 bits per heavy atom. The molecule has 0 spiro atoms. The van der Waals surface area contributed by atoms with Crippen molar-refractivity contribution in [3.63, 3.8) is 0 Å². The Balaban J connectivity index is 3.95. The lowest BCUT2D eigenvalue weighted by Crippen LogP contribution is -2.44. The fraction of sp³-hybridized carbons (Fsp3) is 0.750. The molecule has 0 fully saturated rings. The predicted octanol–water partition coefficient (Wildman–Crippen LogP) is -0.472. The first-order valence-corrected chi connectivity index (χ1v) is 5.67. The summed E-state index contributed by atoms with van der Waals surface area (Å²) in [6.07, 6.45) is 2.35. The number of amides is 1. The highest BCUT2D eigenvalue weighted by Gasteiger charge is 2.18. The third-order valence-corrected chi connectivity index (χ3v) is 2.23. The summed E-state index contributed by atoms with van der Waals surface area (Å²) in [6, 6.07) is -0.775. The quantitative estimate of drug-likeness (QED) is 0.540. The van der Waals surface area contributed by atoms with Crippen LogP contribution in [0.15, 0.2) is 0 Å². The van der Waals surface area contributed by atoms with Gasteiger partial charge in [-0.2, -0.15) is 11.8 Å². The van der Waals surface area contributed by atoms with Gasteiger partial charge in [-0.3, -0.25) is 4.79 Å². The molecule has 0 aliphatic rings. The molecule has 0 saturated carbocycles. The highest BCUT2D eigenvalue weighted by molar-refractivity contribution is 7.98. The monoisotopic (exact) mass is 220 g/mol. The molecule has 0 heterocycles. The van der Waals surface area contributed by atoms with Gasteiger partial charge in [-0.15, -0.1) is 0 Å². The van der Waals surface area contributed by atoms with E-state index in [0.717, 1.165) is 5.75 Å². The van der Waals surface area contributed by atoms with Crippen LogP contribution in [-0.2, 0) is 9.59 Å². The van der Waals surface area contributed by atoms with Gasteiger partial charge in [0, 0.05) is 0 Å². The molecule has 14 heavy (non-hydrogen) atoms. The maximum Gasteiger partial charge on any atom is 0.326 e. The lowest BCUT2D eigenvalue weighted by molar-refractivity contribution is -0.141. The van der Waals surface area contributed by atoms with Crippen molar-refractivity contribution in [2.24, 2.45) is 0 Å². The fourth-order valence-electron chi connectivity index (χ4n) is 0.899. The molecule has 82 valence electrons. The second-order valence-electron chi connectivity index (χ2n) is 2.77. The minimum Gasteiger partial charge on any atom is -0.480 e. The first-order valence-electron chi connectivity index (χ1n) is 4.27. The van der Waals surface area contributed by atoms with Crippen LogP contribution in [0.5, 0.6) is 0 Å². The molecule has 0 aromatic heterocycles. The minimum absolute atomic E-state index is 0.142. The first-order chi connectivity index (χ1) is 6.61. The van der Waals surface area contributed by atoms with Gasteiger partial charge in [0.25, 0.3) is 0 Å². The van der Waals surface area contributed by atoms with Crippen LogP contribution in [-0.4, -0.2) is 48.6 Å². The number of hydrogen-bond acceptors (Lipinski definition) is 4. The van der Waals surface area contributed by atoms with Crippen molar-refractivity contribution < 1.29 is 14.7 Å². The van der Waals surface area contributed by atoms with Crippen LogP contribution in [0.25, 0.3) is 0 Å². The number of carboxylic acid groups (broad SMARTS) is 1. The smallest absolute Gasteiger partial charge is 0.326 e. The summed E-state index contributed by atoms with van der Waals surface area (Å²) in [6.45, 7) is 0.142. The van der Waals surface area contributed by atoms with Crippen molar-refractivity contribution in [1.82, 2.24) is 10.6 Å². The van der Waals surface area contributed by atoms with Gasteiger partial charge in [-0.05, 0) is 25.5 Å². The maximum absolute atomic E-state index is 11.1. The third-order valence-electron chi connectivity index (χ3n) is 1.58. The van der Waals surface area contributed by atoms with E-state index >= 15 is 0 Å². The normalized spacial score (nSPS) is 12.1. The van der Waals surface area contributed by atoms with E-state index in [0.29, 0.717) is 6.42 Å². The van der Waals surface area contributed by atoms with Crippen LogP contribution in [0.4, 0.5) is 0 Å². The van der Waals surface area contributed by atoms with E-state index in [2.05, 4.69) is 10.6 Å². The Kier molecular flexibility index (Phi) is 7.23. The van der Waals surface area contributed by atoms with Crippen LogP contribution >= 0.6 is 11.8 Å². The molecule has 0 saturated heterocycles. The predicted molar refractivity (Wildman–Crippen MR) is 56.5 cm³/mol. The molecule has 6 heteroatoms. The summed E-state index contributed by atoms with van der Waals surface area (Å²) in [4.78, 5) is 21.8. The summed E-state index contributed by atoms with van der Waals surface area (Å²) in [5.41, 5.74) is 0. The number of hydrogen-bond donors (Lipinski definition) is 3. The number of carbonyl (C=O) groups is 2. The van der Waals surface area contributed by atoms with Crippen molar-refractivity contribution in [1.29, 1.82) is 0 Å². The van der Waals surface area contributed by atoms with Gasteiger partial charge in [0.1, 0.15) is 6.04 Å². The van der Waals surface area contributed by atoms with Gasteiger partial charge in [-0.1, -0.05) is 0 Å². The zero-order chi connectivity index (χ0) is 11.0. The zero-order valence-corrected chi connectivity index (χ0v) is 9.19. The standard InChI is InChI=1S/C8H16N2O3S/c1-9-5-7(11)10-6(8(12)13)3-4-14-2/h6,9H,3-5H2,1-2H3,(H,10,11)(H,12,13)/t6-/m1/s1. The Morgan fingerprint density at radius 2 is 2.14 bits per heavy atom. The average Bonchev–Trinajstić information content (AvgIpc) is 2.12. The fourth-order valence-corrected chi connectivity index (χ4v) is 1.37. The summed E-state index contributed by atoms with van der Waals surface area (Å²) >= 11 is 1.56. The van der Waals surface area contributed by atoms with Gasteiger partial charge in [0.15, 0.2) is 0 Å². The van der Waals surface area contributed by atoms with Crippen LogP contribution in [0.2, 0.25) is 0 Å². The molecule has 1 amide bonds. The minimum atomic E-state index is -0.983. The SMILES string of the molecule is CNCC(=O)N[C@H](CCSC)C(=O)O. The Bertz CT molecular complexity index is 199. The number of thioether (sulfide) groups is 1. The lowest BCUT2D eigenvalue weighted by Gasteiger charge is -2.13. The molecule has 1 atom stereocenters. The topological polar surface area (TPSA) is 78.4 Å². The molecule has 5 nitrogen and oxygen atoms in total. The summed E-state index contributed by atoms with van der Waals surface area (Å²) in [5, 5.41) is 13.9. The van der Waals surface area contributed by atoms with Crippen molar-refractivity contribution >= 4 is 23.6 Å². The van der Waals surface area contributed by atoms with Crippen molar-refractivity contribution in [2.75, 3.05) is 25.6 Å². The van der Waals surface area contributed by atoms with E-state index < -0.39 is 12.0 Å². The van der Waals surface area contributed by atoms with E-state index in [1.807, 2.05) is 6.26 Å². The van der Waals surface area contributed by atoms with E-state index in [1.165, 1.54) is 0 Å². The van der Waals surface area contributed by atoms with E-state index in [-0.39, 0.29) is 12.5 Å². The van der Waals surface area contributed by atoms with Crippen LogP contribution in [0.1, 0.15) is 6.42 Å². The molecule has 0 rings (SSSR count). The maximum atomic E-state index is 11.1. The molecule has 0 unspecified atom stereocenters. The molecule has 0 radical (unpaired) electrons. The second kappa shape index (κ2) is 7.64. The zero-order valence-electron chi connectivity index (χ0n) is 8.37. The molecule has 0 bridgehead atoms. The number of aliphatic carboxylic acids is 1.